The molecule has 0 radical (unpaired) electrons. The van der Waals surface area contributed by atoms with E-state index in [1.165, 1.54) is 0 Å². The number of rotatable bonds is 3. The molecule has 118 valence electrons. The van der Waals surface area contributed by atoms with Crippen molar-refractivity contribution in [2.24, 2.45) is 5.41 Å². The van der Waals surface area contributed by atoms with Gasteiger partial charge in [-0.25, -0.2) is 0 Å². The second-order valence-electron chi connectivity index (χ2n) is 7.22. The van der Waals surface area contributed by atoms with E-state index < -0.39 is 0 Å². The predicted molar refractivity (Wildman–Crippen MR) is 82.2 cm³/mol. The Morgan fingerprint density at radius 3 is 2.48 bits per heavy atom. The van der Waals surface area contributed by atoms with E-state index in [1.807, 2.05) is 11.0 Å². The lowest BCUT2D eigenvalue weighted by atomic mass is 9.77. The highest BCUT2D eigenvalue weighted by Gasteiger charge is 2.34. The molecule has 21 heavy (non-hydrogen) atoms. The summed E-state index contributed by atoms with van der Waals surface area (Å²) in [6.45, 7) is 9.99. The Morgan fingerprint density at radius 2 is 2.05 bits per heavy atom. The molecule has 0 saturated carbocycles. The third-order valence-corrected chi connectivity index (χ3v) is 4.80. The van der Waals surface area contributed by atoms with Crippen molar-refractivity contribution >= 4 is 5.91 Å². The van der Waals surface area contributed by atoms with Crippen LogP contribution in [-0.2, 0) is 5.41 Å². The Bertz CT molecular complexity index is 488. The number of hydrogen-bond acceptors (Lipinski definition) is 3. The van der Waals surface area contributed by atoms with E-state index >= 15 is 0 Å². The van der Waals surface area contributed by atoms with E-state index in [4.69, 9.17) is 0 Å². The topological polar surface area (TPSA) is 69.2 Å². The standard InChI is InChI=1S/C16H27N3O2/c1-5-16(11-20)6-8-19(9-7-16)14(21)12-10-13(18-17-12)15(2,3)4/h10,20H,5-9,11H2,1-4H3,(H,17,18). The molecular weight excluding hydrogens is 266 g/mol. The molecule has 1 aromatic rings. The number of H-pyrrole nitrogens is 1. The monoisotopic (exact) mass is 293 g/mol. The molecule has 0 aliphatic carbocycles. The summed E-state index contributed by atoms with van der Waals surface area (Å²) in [6, 6.07) is 1.86. The van der Waals surface area contributed by atoms with Crippen molar-refractivity contribution in [2.45, 2.75) is 52.4 Å². The number of likely N-dealkylation sites (tertiary alicyclic amines) is 1. The zero-order chi connectivity index (χ0) is 15.7. The van der Waals surface area contributed by atoms with Crippen LogP contribution in [0.2, 0.25) is 0 Å². The van der Waals surface area contributed by atoms with Crippen LogP contribution in [0.4, 0.5) is 0 Å². The first-order chi connectivity index (χ1) is 9.81. The van der Waals surface area contributed by atoms with E-state index in [9.17, 15) is 9.90 Å². The Hall–Kier alpha value is -1.36. The summed E-state index contributed by atoms with van der Waals surface area (Å²) in [4.78, 5) is 14.4. The van der Waals surface area contributed by atoms with Gasteiger partial charge in [-0.15, -0.1) is 0 Å². The quantitative estimate of drug-likeness (QED) is 0.898. The normalized spacial score (nSPS) is 18.8. The molecule has 1 fully saturated rings. The van der Waals surface area contributed by atoms with Gasteiger partial charge in [0.15, 0.2) is 0 Å². The third-order valence-electron chi connectivity index (χ3n) is 4.80. The van der Waals surface area contributed by atoms with Crippen molar-refractivity contribution in [2.75, 3.05) is 19.7 Å². The molecule has 2 heterocycles. The lowest BCUT2D eigenvalue weighted by molar-refractivity contribution is 0.0334. The highest BCUT2D eigenvalue weighted by molar-refractivity contribution is 5.92. The summed E-state index contributed by atoms with van der Waals surface area (Å²) in [5.74, 6) is -0.00982. The summed E-state index contributed by atoms with van der Waals surface area (Å²) in [7, 11) is 0. The molecule has 2 rings (SSSR count). The minimum Gasteiger partial charge on any atom is -0.396 e. The second kappa shape index (κ2) is 5.79. The number of piperidine rings is 1. The molecule has 0 bridgehead atoms. The number of aliphatic hydroxyl groups excluding tert-OH is 1. The molecule has 1 amide bonds. The molecule has 1 aliphatic heterocycles. The highest BCUT2D eigenvalue weighted by atomic mass is 16.3. The van der Waals surface area contributed by atoms with E-state index in [0.29, 0.717) is 18.8 Å². The summed E-state index contributed by atoms with van der Waals surface area (Å²) in [5, 5.41) is 16.7. The molecule has 1 aromatic heterocycles. The number of aromatic nitrogens is 2. The molecule has 1 saturated heterocycles. The maximum absolute atomic E-state index is 12.5. The lowest BCUT2D eigenvalue weighted by Gasteiger charge is -2.40. The SMILES string of the molecule is CCC1(CO)CCN(C(=O)c2cc(C(C)(C)C)[nH]n2)CC1. The van der Waals surface area contributed by atoms with Crippen LogP contribution in [-0.4, -0.2) is 45.8 Å². The molecule has 0 atom stereocenters. The van der Waals surface area contributed by atoms with E-state index in [-0.39, 0.29) is 23.3 Å². The van der Waals surface area contributed by atoms with Crippen LogP contribution in [0.3, 0.4) is 0 Å². The first-order valence-corrected chi connectivity index (χ1v) is 7.77. The number of nitrogens with one attached hydrogen (secondary N) is 1. The van der Waals surface area contributed by atoms with Crippen molar-refractivity contribution in [3.8, 4) is 0 Å². The van der Waals surface area contributed by atoms with Crippen molar-refractivity contribution in [1.82, 2.24) is 15.1 Å². The number of aromatic amines is 1. The van der Waals surface area contributed by atoms with Crippen molar-refractivity contribution in [1.29, 1.82) is 0 Å². The van der Waals surface area contributed by atoms with Gasteiger partial charge in [0.1, 0.15) is 5.69 Å². The molecular formula is C16H27N3O2. The Kier molecular flexibility index (Phi) is 4.42. The van der Waals surface area contributed by atoms with Crippen molar-refractivity contribution in [3.63, 3.8) is 0 Å². The Balaban J connectivity index is 2.04. The minimum absolute atomic E-state index is 0.00107. The minimum atomic E-state index is -0.0400. The van der Waals surface area contributed by atoms with Gasteiger partial charge in [0, 0.05) is 30.8 Å². The van der Waals surface area contributed by atoms with Crippen molar-refractivity contribution in [3.05, 3.63) is 17.5 Å². The summed E-state index contributed by atoms with van der Waals surface area (Å²) in [6.07, 6.45) is 2.69. The fourth-order valence-electron chi connectivity index (χ4n) is 2.79. The number of carbonyl (C=O) groups excluding carboxylic acids is 1. The average Bonchev–Trinajstić information content (AvgIpc) is 2.96. The van der Waals surface area contributed by atoms with Gasteiger partial charge in [-0.05, 0) is 30.7 Å². The second-order valence-corrected chi connectivity index (χ2v) is 7.22. The molecule has 5 nitrogen and oxygen atoms in total. The van der Waals surface area contributed by atoms with Crippen LogP contribution in [0.25, 0.3) is 0 Å². The maximum Gasteiger partial charge on any atom is 0.274 e. The molecule has 2 N–H and O–H groups in total. The summed E-state index contributed by atoms with van der Waals surface area (Å²) < 4.78 is 0. The van der Waals surface area contributed by atoms with Crippen LogP contribution in [0.5, 0.6) is 0 Å². The maximum atomic E-state index is 12.5. The predicted octanol–water partition coefficient (Wildman–Crippen LogP) is 2.33. The Labute approximate surface area is 126 Å². The van der Waals surface area contributed by atoms with E-state index in [1.54, 1.807) is 0 Å². The van der Waals surface area contributed by atoms with Crippen LogP contribution in [0.15, 0.2) is 6.07 Å². The molecule has 0 spiro atoms. The van der Waals surface area contributed by atoms with Gasteiger partial charge >= 0.3 is 0 Å². The smallest absolute Gasteiger partial charge is 0.274 e. The van der Waals surface area contributed by atoms with Gasteiger partial charge in [-0.2, -0.15) is 5.10 Å². The van der Waals surface area contributed by atoms with E-state index in [2.05, 4.69) is 37.9 Å². The fourth-order valence-corrected chi connectivity index (χ4v) is 2.79. The molecule has 0 unspecified atom stereocenters. The zero-order valence-electron chi connectivity index (χ0n) is 13.6. The van der Waals surface area contributed by atoms with Crippen LogP contribution < -0.4 is 0 Å². The van der Waals surface area contributed by atoms with Gasteiger partial charge in [0.2, 0.25) is 0 Å². The van der Waals surface area contributed by atoms with Gasteiger partial charge in [0.25, 0.3) is 5.91 Å². The number of hydrogen-bond donors (Lipinski definition) is 2. The molecule has 5 heteroatoms. The largest absolute Gasteiger partial charge is 0.396 e. The Morgan fingerprint density at radius 1 is 1.43 bits per heavy atom. The average molecular weight is 293 g/mol. The first kappa shape index (κ1) is 16.0. The fraction of sp³-hybridized carbons (Fsp3) is 0.750. The molecule has 0 aromatic carbocycles. The first-order valence-electron chi connectivity index (χ1n) is 7.77. The van der Waals surface area contributed by atoms with Gasteiger partial charge in [-0.3, -0.25) is 9.89 Å². The number of aliphatic hydroxyl groups is 1. The number of nitrogens with zero attached hydrogens (tertiary/aromatic N) is 2. The number of amides is 1. The lowest BCUT2D eigenvalue weighted by Crippen LogP contribution is -2.44. The molecule has 1 aliphatic rings. The zero-order valence-corrected chi connectivity index (χ0v) is 13.6. The van der Waals surface area contributed by atoms with Crippen LogP contribution in [0, 0.1) is 5.41 Å². The summed E-state index contributed by atoms with van der Waals surface area (Å²) in [5.41, 5.74) is 1.43. The third kappa shape index (κ3) is 3.28. The van der Waals surface area contributed by atoms with Gasteiger partial charge in [0.05, 0.1) is 0 Å². The van der Waals surface area contributed by atoms with Crippen molar-refractivity contribution < 1.29 is 9.90 Å². The van der Waals surface area contributed by atoms with Crippen LogP contribution in [0.1, 0.15) is 63.1 Å². The van der Waals surface area contributed by atoms with E-state index in [0.717, 1.165) is 25.0 Å². The highest BCUT2D eigenvalue weighted by Crippen LogP contribution is 2.34. The van der Waals surface area contributed by atoms with Crippen LogP contribution >= 0.6 is 0 Å². The van der Waals surface area contributed by atoms with Gasteiger partial charge in [-0.1, -0.05) is 27.7 Å². The summed E-state index contributed by atoms with van der Waals surface area (Å²) >= 11 is 0. The van der Waals surface area contributed by atoms with Gasteiger partial charge < -0.3 is 10.0 Å². The number of carbonyl (C=O) groups is 1.